The van der Waals surface area contributed by atoms with Crippen molar-refractivity contribution in [1.82, 2.24) is 10.2 Å². The average molecular weight is 317 g/mol. The zero-order valence-electron chi connectivity index (χ0n) is 13.7. The summed E-state index contributed by atoms with van der Waals surface area (Å²) < 4.78 is 5.38. The molecule has 1 aliphatic carbocycles. The first-order valence-electron chi connectivity index (χ1n) is 8.61. The lowest BCUT2D eigenvalue weighted by atomic mass is 9.98. The van der Waals surface area contributed by atoms with Crippen molar-refractivity contribution >= 4 is 5.91 Å². The third-order valence-electron chi connectivity index (χ3n) is 4.90. The van der Waals surface area contributed by atoms with Gasteiger partial charge in [0.05, 0.1) is 18.8 Å². The van der Waals surface area contributed by atoms with E-state index in [1.165, 1.54) is 5.56 Å². The van der Waals surface area contributed by atoms with Crippen LogP contribution in [-0.4, -0.2) is 42.6 Å². The SMILES string of the molecule is NC1(C(=O)NCc2cccc(CN3CCOCC3)c2)CCCC1. The molecule has 5 heteroatoms. The Morgan fingerprint density at radius 1 is 1.22 bits per heavy atom. The smallest absolute Gasteiger partial charge is 0.240 e. The summed E-state index contributed by atoms with van der Waals surface area (Å²) >= 11 is 0. The minimum atomic E-state index is -0.647. The van der Waals surface area contributed by atoms with Crippen LogP contribution in [0.3, 0.4) is 0 Å². The van der Waals surface area contributed by atoms with E-state index >= 15 is 0 Å². The van der Waals surface area contributed by atoms with Crippen LogP contribution >= 0.6 is 0 Å². The van der Waals surface area contributed by atoms with Gasteiger partial charge in [-0.1, -0.05) is 37.1 Å². The monoisotopic (exact) mass is 317 g/mol. The number of nitrogens with one attached hydrogen (secondary N) is 1. The molecular weight excluding hydrogens is 290 g/mol. The van der Waals surface area contributed by atoms with Crippen LogP contribution in [0.25, 0.3) is 0 Å². The molecule has 2 aliphatic rings. The van der Waals surface area contributed by atoms with Gasteiger partial charge in [-0.2, -0.15) is 0 Å². The number of carbonyl (C=O) groups excluding carboxylic acids is 1. The van der Waals surface area contributed by atoms with Crippen molar-refractivity contribution in [3.8, 4) is 0 Å². The number of nitrogens with two attached hydrogens (primary N) is 1. The number of rotatable bonds is 5. The summed E-state index contributed by atoms with van der Waals surface area (Å²) in [4.78, 5) is 14.7. The molecule has 5 nitrogen and oxygen atoms in total. The van der Waals surface area contributed by atoms with Gasteiger partial charge in [0, 0.05) is 26.2 Å². The molecule has 1 aromatic rings. The Morgan fingerprint density at radius 3 is 2.65 bits per heavy atom. The van der Waals surface area contributed by atoms with Crippen molar-refractivity contribution in [3.63, 3.8) is 0 Å². The van der Waals surface area contributed by atoms with E-state index < -0.39 is 5.54 Å². The first-order chi connectivity index (χ1) is 11.2. The lowest BCUT2D eigenvalue weighted by Gasteiger charge is -2.26. The van der Waals surface area contributed by atoms with Crippen LogP contribution in [0.15, 0.2) is 24.3 Å². The van der Waals surface area contributed by atoms with Crippen LogP contribution in [0.5, 0.6) is 0 Å². The predicted molar refractivity (Wildman–Crippen MR) is 89.8 cm³/mol. The van der Waals surface area contributed by atoms with Gasteiger partial charge in [-0.3, -0.25) is 9.69 Å². The molecule has 3 N–H and O–H groups in total. The molecule has 0 spiro atoms. The van der Waals surface area contributed by atoms with Crippen LogP contribution in [0.1, 0.15) is 36.8 Å². The van der Waals surface area contributed by atoms with Crippen molar-refractivity contribution in [1.29, 1.82) is 0 Å². The molecule has 1 heterocycles. The van der Waals surface area contributed by atoms with Crippen LogP contribution in [0.2, 0.25) is 0 Å². The van der Waals surface area contributed by atoms with Gasteiger partial charge in [-0.15, -0.1) is 0 Å². The normalized spacial score (nSPS) is 21.3. The summed E-state index contributed by atoms with van der Waals surface area (Å²) in [6.07, 6.45) is 3.71. The summed E-state index contributed by atoms with van der Waals surface area (Å²) in [6.45, 7) is 5.08. The third kappa shape index (κ3) is 4.31. The summed E-state index contributed by atoms with van der Waals surface area (Å²) in [5, 5.41) is 3.01. The van der Waals surface area contributed by atoms with E-state index in [0.29, 0.717) is 6.54 Å². The van der Waals surface area contributed by atoms with E-state index in [1.807, 2.05) is 0 Å². The molecule has 1 aliphatic heterocycles. The Morgan fingerprint density at radius 2 is 1.91 bits per heavy atom. The molecule has 126 valence electrons. The van der Waals surface area contributed by atoms with Gasteiger partial charge in [-0.25, -0.2) is 0 Å². The molecule has 0 unspecified atom stereocenters. The number of benzene rings is 1. The summed E-state index contributed by atoms with van der Waals surface area (Å²) in [5.74, 6) is -0.00594. The number of morpholine rings is 1. The molecular formula is C18H27N3O2. The molecule has 0 radical (unpaired) electrons. The molecule has 0 bridgehead atoms. The van der Waals surface area contributed by atoms with E-state index in [0.717, 1.165) is 64.1 Å². The van der Waals surface area contributed by atoms with Crippen molar-refractivity contribution in [2.75, 3.05) is 26.3 Å². The second-order valence-electron chi connectivity index (χ2n) is 6.75. The second-order valence-corrected chi connectivity index (χ2v) is 6.75. The number of hydrogen-bond acceptors (Lipinski definition) is 4. The van der Waals surface area contributed by atoms with Crippen molar-refractivity contribution in [2.24, 2.45) is 5.73 Å². The second kappa shape index (κ2) is 7.43. The minimum Gasteiger partial charge on any atom is -0.379 e. The van der Waals surface area contributed by atoms with Crippen molar-refractivity contribution in [3.05, 3.63) is 35.4 Å². The fourth-order valence-electron chi connectivity index (χ4n) is 3.45. The first kappa shape index (κ1) is 16.4. The molecule has 2 fully saturated rings. The highest BCUT2D eigenvalue weighted by Gasteiger charge is 2.36. The van der Waals surface area contributed by atoms with E-state index in [-0.39, 0.29) is 5.91 Å². The molecule has 1 aromatic carbocycles. The maximum absolute atomic E-state index is 12.3. The van der Waals surface area contributed by atoms with Gasteiger partial charge in [0.2, 0.25) is 5.91 Å². The molecule has 1 amide bonds. The average Bonchev–Trinajstić information content (AvgIpc) is 3.02. The van der Waals surface area contributed by atoms with Crippen LogP contribution in [0, 0.1) is 0 Å². The number of amides is 1. The summed E-state index contributed by atoms with van der Waals surface area (Å²) in [7, 11) is 0. The molecule has 1 saturated carbocycles. The lowest BCUT2D eigenvalue weighted by molar-refractivity contribution is -0.126. The Labute approximate surface area is 138 Å². The summed E-state index contributed by atoms with van der Waals surface area (Å²) in [5.41, 5.74) is 7.95. The summed E-state index contributed by atoms with van der Waals surface area (Å²) in [6, 6.07) is 8.43. The van der Waals surface area contributed by atoms with Crippen molar-refractivity contribution < 1.29 is 9.53 Å². The van der Waals surface area contributed by atoms with E-state index in [9.17, 15) is 4.79 Å². The fourth-order valence-corrected chi connectivity index (χ4v) is 3.45. The Balaban J connectivity index is 1.53. The van der Waals surface area contributed by atoms with Crippen molar-refractivity contribution in [2.45, 2.75) is 44.3 Å². The van der Waals surface area contributed by atoms with E-state index in [1.54, 1.807) is 0 Å². The minimum absolute atomic E-state index is 0.00594. The van der Waals surface area contributed by atoms with Crippen LogP contribution in [-0.2, 0) is 22.6 Å². The van der Waals surface area contributed by atoms with Gasteiger partial charge in [-0.05, 0) is 24.0 Å². The largest absolute Gasteiger partial charge is 0.379 e. The quantitative estimate of drug-likeness (QED) is 0.861. The topological polar surface area (TPSA) is 67.6 Å². The zero-order chi connectivity index (χ0) is 16.1. The lowest BCUT2D eigenvalue weighted by Crippen LogP contribution is -2.51. The van der Waals surface area contributed by atoms with Gasteiger partial charge in [0.1, 0.15) is 0 Å². The number of ether oxygens (including phenoxy) is 1. The maximum atomic E-state index is 12.3. The van der Waals surface area contributed by atoms with Crippen LogP contribution < -0.4 is 11.1 Å². The first-order valence-corrected chi connectivity index (χ1v) is 8.61. The molecule has 1 saturated heterocycles. The molecule has 0 aromatic heterocycles. The van der Waals surface area contributed by atoms with Crippen LogP contribution in [0.4, 0.5) is 0 Å². The highest BCUT2D eigenvalue weighted by atomic mass is 16.5. The zero-order valence-corrected chi connectivity index (χ0v) is 13.7. The highest BCUT2D eigenvalue weighted by Crippen LogP contribution is 2.27. The Kier molecular flexibility index (Phi) is 5.30. The maximum Gasteiger partial charge on any atom is 0.240 e. The molecule has 3 rings (SSSR count). The highest BCUT2D eigenvalue weighted by molar-refractivity contribution is 5.86. The number of hydrogen-bond donors (Lipinski definition) is 2. The standard InChI is InChI=1S/C18H27N3O2/c19-18(6-1-2-7-18)17(22)20-13-15-4-3-5-16(12-15)14-21-8-10-23-11-9-21/h3-5,12H,1-2,6-11,13-14,19H2,(H,20,22). The van der Waals surface area contributed by atoms with E-state index in [2.05, 4.69) is 34.5 Å². The number of carbonyl (C=O) groups is 1. The third-order valence-corrected chi connectivity index (χ3v) is 4.90. The van der Waals surface area contributed by atoms with Gasteiger partial charge in [0.15, 0.2) is 0 Å². The fraction of sp³-hybridized carbons (Fsp3) is 0.611. The number of nitrogens with zero attached hydrogens (tertiary/aromatic N) is 1. The molecule has 23 heavy (non-hydrogen) atoms. The Hall–Kier alpha value is -1.43. The van der Waals surface area contributed by atoms with E-state index in [4.69, 9.17) is 10.5 Å². The van der Waals surface area contributed by atoms with Gasteiger partial charge >= 0.3 is 0 Å². The molecule has 0 atom stereocenters. The van der Waals surface area contributed by atoms with Gasteiger partial charge < -0.3 is 15.8 Å². The van der Waals surface area contributed by atoms with Gasteiger partial charge in [0.25, 0.3) is 0 Å². The Bertz CT molecular complexity index is 535. The predicted octanol–water partition coefficient (Wildman–Crippen LogP) is 1.41.